The lowest BCUT2D eigenvalue weighted by Crippen LogP contribution is -2.27. The van der Waals surface area contributed by atoms with Gasteiger partial charge in [-0.25, -0.2) is 0 Å². The van der Waals surface area contributed by atoms with Gasteiger partial charge in [0.15, 0.2) is 0 Å². The molecular weight excluding hydrogens is 272 g/mol. The highest BCUT2D eigenvalue weighted by atomic mass is 16.5. The Balaban J connectivity index is 1.87. The zero-order chi connectivity index (χ0) is 15.7. The second-order valence-corrected chi connectivity index (χ2v) is 6.18. The van der Waals surface area contributed by atoms with Gasteiger partial charge in [-0.05, 0) is 55.8 Å². The van der Waals surface area contributed by atoms with Crippen LogP contribution >= 0.6 is 0 Å². The van der Waals surface area contributed by atoms with Crippen molar-refractivity contribution in [1.29, 1.82) is 0 Å². The molecule has 22 heavy (non-hydrogen) atoms. The highest BCUT2D eigenvalue weighted by Crippen LogP contribution is 2.29. The van der Waals surface area contributed by atoms with Crippen molar-refractivity contribution in [3.8, 4) is 5.75 Å². The Kier molecular flexibility index (Phi) is 3.57. The molecule has 2 aromatic carbocycles. The van der Waals surface area contributed by atoms with Crippen LogP contribution in [0, 0.1) is 0 Å². The Morgan fingerprint density at radius 2 is 1.73 bits per heavy atom. The van der Waals surface area contributed by atoms with Crippen LogP contribution < -0.4 is 10.1 Å². The van der Waals surface area contributed by atoms with Crippen molar-refractivity contribution in [2.24, 2.45) is 7.05 Å². The number of aromatic nitrogens is 1. The van der Waals surface area contributed by atoms with E-state index in [1.165, 1.54) is 16.5 Å². The van der Waals surface area contributed by atoms with E-state index >= 15 is 0 Å². The molecule has 0 atom stereocenters. The molecule has 3 aromatic rings. The van der Waals surface area contributed by atoms with Gasteiger partial charge in [0, 0.05) is 29.8 Å². The lowest BCUT2D eigenvalue weighted by atomic mass is 9.93. The molecule has 0 aliphatic rings. The Bertz CT molecular complexity index is 785. The molecule has 0 aliphatic heterocycles. The van der Waals surface area contributed by atoms with E-state index in [0.717, 1.165) is 11.4 Å². The lowest BCUT2D eigenvalue weighted by Gasteiger charge is -2.28. The molecule has 3 nitrogen and oxygen atoms in total. The zero-order valence-electron chi connectivity index (χ0n) is 13.6. The number of anilines is 1. The molecule has 0 saturated heterocycles. The minimum Gasteiger partial charge on any atom is -0.497 e. The summed E-state index contributed by atoms with van der Waals surface area (Å²) in [5.41, 5.74) is 3.43. The van der Waals surface area contributed by atoms with Gasteiger partial charge in [-0.15, -0.1) is 0 Å². The second-order valence-electron chi connectivity index (χ2n) is 6.18. The summed E-state index contributed by atoms with van der Waals surface area (Å²) >= 11 is 0. The molecule has 3 heteroatoms. The van der Waals surface area contributed by atoms with Crippen molar-refractivity contribution >= 4 is 16.6 Å². The third-order valence-electron chi connectivity index (χ3n) is 4.15. The van der Waals surface area contributed by atoms with Crippen LogP contribution in [0.15, 0.2) is 54.7 Å². The highest BCUT2D eigenvalue weighted by molar-refractivity contribution is 5.83. The summed E-state index contributed by atoms with van der Waals surface area (Å²) in [7, 11) is 3.75. The van der Waals surface area contributed by atoms with Crippen molar-refractivity contribution < 1.29 is 4.74 Å². The molecule has 0 bridgehead atoms. The first-order valence-electron chi connectivity index (χ1n) is 7.47. The van der Waals surface area contributed by atoms with E-state index in [1.54, 1.807) is 7.11 Å². The second kappa shape index (κ2) is 5.41. The summed E-state index contributed by atoms with van der Waals surface area (Å²) in [6, 6.07) is 16.8. The Morgan fingerprint density at radius 1 is 1.00 bits per heavy atom. The topological polar surface area (TPSA) is 26.2 Å². The molecule has 0 amide bonds. The summed E-state index contributed by atoms with van der Waals surface area (Å²) in [5, 5.41) is 4.87. The van der Waals surface area contributed by atoms with Gasteiger partial charge in [-0.3, -0.25) is 0 Å². The molecule has 0 aliphatic carbocycles. The number of nitrogens with one attached hydrogen (secondary N) is 1. The van der Waals surface area contributed by atoms with E-state index in [0.29, 0.717) is 0 Å². The first kappa shape index (κ1) is 14.5. The van der Waals surface area contributed by atoms with E-state index < -0.39 is 0 Å². The van der Waals surface area contributed by atoms with Crippen LogP contribution in [-0.4, -0.2) is 11.7 Å². The molecule has 0 spiro atoms. The zero-order valence-corrected chi connectivity index (χ0v) is 13.6. The highest BCUT2D eigenvalue weighted by Gasteiger charge is 2.20. The van der Waals surface area contributed by atoms with Crippen molar-refractivity contribution in [1.82, 2.24) is 4.57 Å². The number of methoxy groups -OCH3 is 1. The number of fused-ring (bicyclic) bond motifs is 1. The van der Waals surface area contributed by atoms with Gasteiger partial charge >= 0.3 is 0 Å². The SMILES string of the molecule is COc1ccc(C(C)(C)Nc2ccc3c(ccn3C)c2)cc1. The van der Waals surface area contributed by atoms with Gasteiger partial charge < -0.3 is 14.6 Å². The molecule has 0 fully saturated rings. The minimum atomic E-state index is -0.158. The van der Waals surface area contributed by atoms with E-state index in [2.05, 4.69) is 73.4 Å². The van der Waals surface area contributed by atoms with Crippen LogP contribution in [-0.2, 0) is 12.6 Å². The third kappa shape index (κ3) is 2.67. The average Bonchev–Trinajstić information content (AvgIpc) is 2.88. The molecular formula is C19H22N2O. The summed E-state index contributed by atoms with van der Waals surface area (Å²) < 4.78 is 7.36. The predicted octanol–water partition coefficient (Wildman–Crippen LogP) is 4.53. The standard InChI is InChI=1S/C19H22N2O/c1-19(2,15-5-8-17(22-4)9-6-15)20-16-7-10-18-14(13-16)11-12-21(18)3/h5-13,20H,1-4H3. The smallest absolute Gasteiger partial charge is 0.118 e. The fourth-order valence-electron chi connectivity index (χ4n) is 2.80. The third-order valence-corrected chi connectivity index (χ3v) is 4.15. The number of hydrogen-bond acceptors (Lipinski definition) is 2. The number of ether oxygens (including phenoxy) is 1. The molecule has 3 rings (SSSR count). The first-order chi connectivity index (χ1) is 10.5. The van der Waals surface area contributed by atoms with Crippen LogP contribution in [0.3, 0.4) is 0 Å². The summed E-state index contributed by atoms with van der Waals surface area (Å²) in [5.74, 6) is 0.880. The number of hydrogen-bond donors (Lipinski definition) is 1. The van der Waals surface area contributed by atoms with Gasteiger partial charge in [0.05, 0.1) is 12.6 Å². The van der Waals surface area contributed by atoms with Gasteiger partial charge in [0.2, 0.25) is 0 Å². The number of rotatable bonds is 4. The fraction of sp³-hybridized carbons (Fsp3) is 0.263. The summed E-state index contributed by atoms with van der Waals surface area (Å²) in [4.78, 5) is 0. The number of nitrogens with zero attached hydrogens (tertiary/aromatic N) is 1. The van der Waals surface area contributed by atoms with Crippen LogP contribution in [0.2, 0.25) is 0 Å². The summed E-state index contributed by atoms with van der Waals surface area (Å²) in [6.45, 7) is 4.37. The van der Waals surface area contributed by atoms with Gasteiger partial charge in [0.1, 0.15) is 5.75 Å². The fourth-order valence-corrected chi connectivity index (χ4v) is 2.80. The van der Waals surface area contributed by atoms with E-state index in [9.17, 15) is 0 Å². The van der Waals surface area contributed by atoms with Gasteiger partial charge in [0.25, 0.3) is 0 Å². The van der Waals surface area contributed by atoms with Crippen molar-refractivity contribution in [2.45, 2.75) is 19.4 Å². The molecule has 114 valence electrons. The maximum absolute atomic E-state index is 5.23. The van der Waals surface area contributed by atoms with Gasteiger partial charge in [-0.1, -0.05) is 12.1 Å². The lowest BCUT2D eigenvalue weighted by molar-refractivity contribution is 0.414. The van der Waals surface area contributed by atoms with Crippen LogP contribution in [0.25, 0.3) is 10.9 Å². The number of benzene rings is 2. The molecule has 1 N–H and O–H groups in total. The van der Waals surface area contributed by atoms with Crippen molar-refractivity contribution in [2.75, 3.05) is 12.4 Å². The Labute approximate surface area is 131 Å². The normalized spacial score (nSPS) is 11.6. The van der Waals surface area contributed by atoms with Crippen LogP contribution in [0.4, 0.5) is 5.69 Å². The number of aryl methyl sites for hydroxylation is 1. The monoisotopic (exact) mass is 294 g/mol. The molecule has 1 heterocycles. The Hall–Kier alpha value is -2.42. The maximum Gasteiger partial charge on any atom is 0.118 e. The Morgan fingerprint density at radius 3 is 2.41 bits per heavy atom. The van der Waals surface area contributed by atoms with Crippen molar-refractivity contribution in [3.05, 3.63) is 60.3 Å². The van der Waals surface area contributed by atoms with Crippen LogP contribution in [0.1, 0.15) is 19.4 Å². The minimum absolute atomic E-state index is 0.158. The average molecular weight is 294 g/mol. The maximum atomic E-state index is 5.23. The predicted molar refractivity (Wildman–Crippen MR) is 92.6 cm³/mol. The van der Waals surface area contributed by atoms with E-state index in [1.807, 2.05) is 12.1 Å². The first-order valence-corrected chi connectivity index (χ1v) is 7.47. The van der Waals surface area contributed by atoms with E-state index in [4.69, 9.17) is 4.74 Å². The van der Waals surface area contributed by atoms with E-state index in [-0.39, 0.29) is 5.54 Å². The largest absolute Gasteiger partial charge is 0.497 e. The molecule has 0 saturated carbocycles. The molecule has 0 unspecified atom stereocenters. The van der Waals surface area contributed by atoms with Crippen LogP contribution in [0.5, 0.6) is 5.75 Å². The quantitative estimate of drug-likeness (QED) is 0.765. The van der Waals surface area contributed by atoms with Gasteiger partial charge in [-0.2, -0.15) is 0 Å². The molecule has 1 aromatic heterocycles. The molecule has 0 radical (unpaired) electrons. The summed E-state index contributed by atoms with van der Waals surface area (Å²) in [6.07, 6.45) is 2.09. The van der Waals surface area contributed by atoms with Crippen molar-refractivity contribution in [3.63, 3.8) is 0 Å².